The van der Waals surface area contributed by atoms with Gasteiger partial charge in [-0.05, 0) is 23.2 Å². The first kappa shape index (κ1) is 9.11. The number of hydrogen-bond donors (Lipinski definition) is 2. The summed E-state index contributed by atoms with van der Waals surface area (Å²) in [5.74, 6) is -0.989. The number of carbonyl (C=O) groups is 1. The van der Waals surface area contributed by atoms with E-state index in [0.29, 0.717) is 11.9 Å². The molecule has 0 bridgehead atoms. The van der Waals surface area contributed by atoms with Crippen molar-refractivity contribution >= 4 is 27.6 Å². The first-order chi connectivity index (χ1) is 6.72. The van der Waals surface area contributed by atoms with Crippen LogP contribution in [-0.2, 0) is 6.54 Å². The van der Waals surface area contributed by atoms with Crippen LogP contribution in [0.4, 0.5) is 0 Å². The first-order valence-electron chi connectivity index (χ1n) is 4.04. The zero-order valence-electron chi connectivity index (χ0n) is 7.23. The molecule has 1 heterocycles. The zero-order chi connectivity index (χ0) is 10.1. The van der Waals surface area contributed by atoms with Crippen LogP contribution in [0.25, 0.3) is 10.1 Å². The third-order valence-electron chi connectivity index (χ3n) is 1.97. The largest absolute Gasteiger partial charge is 0.476 e. The Bertz CT molecular complexity index is 493. The van der Waals surface area contributed by atoms with Gasteiger partial charge in [0.15, 0.2) is 5.69 Å². The number of aromatic nitrogens is 1. The lowest BCUT2D eigenvalue weighted by Gasteiger charge is -1.95. The highest BCUT2D eigenvalue weighted by molar-refractivity contribution is 7.13. The van der Waals surface area contributed by atoms with Gasteiger partial charge in [-0.3, -0.25) is 0 Å². The van der Waals surface area contributed by atoms with Crippen LogP contribution in [0, 0.1) is 0 Å². The molecule has 0 unspecified atom stereocenters. The van der Waals surface area contributed by atoms with E-state index >= 15 is 0 Å². The molecule has 0 aliphatic rings. The number of carboxylic acids is 1. The van der Waals surface area contributed by atoms with Crippen molar-refractivity contribution in [1.29, 1.82) is 0 Å². The van der Waals surface area contributed by atoms with Crippen molar-refractivity contribution < 1.29 is 9.90 Å². The number of fused-ring (bicyclic) bond motifs is 1. The molecule has 0 spiro atoms. The molecule has 0 aliphatic carbocycles. The van der Waals surface area contributed by atoms with Crippen molar-refractivity contribution in [3.8, 4) is 0 Å². The van der Waals surface area contributed by atoms with Gasteiger partial charge in [0, 0.05) is 11.9 Å². The van der Waals surface area contributed by atoms with Crippen LogP contribution in [0.1, 0.15) is 16.1 Å². The normalized spacial score (nSPS) is 10.6. The number of aromatic carboxylic acids is 1. The summed E-state index contributed by atoms with van der Waals surface area (Å²) >= 11 is 1.19. The summed E-state index contributed by atoms with van der Waals surface area (Å²) in [6.45, 7) is 0.455. The lowest BCUT2D eigenvalue weighted by molar-refractivity contribution is 0.0694. The number of rotatable bonds is 2. The minimum atomic E-state index is -0.989. The van der Waals surface area contributed by atoms with E-state index in [4.69, 9.17) is 10.8 Å². The van der Waals surface area contributed by atoms with E-state index in [2.05, 4.69) is 4.37 Å². The molecule has 0 aliphatic heterocycles. The van der Waals surface area contributed by atoms with Gasteiger partial charge >= 0.3 is 5.97 Å². The van der Waals surface area contributed by atoms with E-state index in [0.717, 1.165) is 10.3 Å². The second kappa shape index (κ2) is 3.36. The maximum absolute atomic E-state index is 10.7. The van der Waals surface area contributed by atoms with Crippen molar-refractivity contribution in [3.63, 3.8) is 0 Å². The lowest BCUT2D eigenvalue weighted by Crippen LogP contribution is -1.97. The van der Waals surface area contributed by atoms with Crippen LogP contribution < -0.4 is 5.73 Å². The van der Waals surface area contributed by atoms with E-state index < -0.39 is 5.97 Å². The molecule has 0 radical (unpaired) electrons. The van der Waals surface area contributed by atoms with Gasteiger partial charge in [-0.15, -0.1) is 0 Å². The molecule has 1 aromatic carbocycles. The molecule has 0 fully saturated rings. The highest BCUT2D eigenvalue weighted by atomic mass is 32.1. The predicted molar refractivity (Wildman–Crippen MR) is 54.5 cm³/mol. The minimum Gasteiger partial charge on any atom is -0.476 e. The Balaban J connectivity index is 2.65. The second-order valence-corrected chi connectivity index (χ2v) is 3.68. The second-order valence-electron chi connectivity index (χ2n) is 2.87. The van der Waals surface area contributed by atoms with E-state index in [1.165, 1.54) is 11.5 Å². The van der Waals surface area contributed by atoms with Crippen molar-refractivity contribution in [2.45, 2.75) is 6.54 Å². The van der Waals surface area contributed by atoms with Crippen molar-refractivity contribution in [2.24, 2.45) is 5.73 Å². The highest BCUT2D eigenvalue weighted by Gasteiger charge is 2.12. The molecule has 0 atom stereocenters. The van der Waals surface area contributed by atoms with Crippen LogP contribution in [-0.4, -0.2) is 15.4 Å². The fourth-order valence-corrected chi connectivity index (χ4v) is 2.10. The molecule has 14 heavy (non-hydrogen) atoms. The summed E-state index contributed by atoms with van der Waals surface area (Å²) in [6.07, 6.45) is 0. The fourth-order valence-electron chi connectivity index (χ4n) is 1.26. The molecular formula is C9H8N2O2S. The standard InChI is InChI=1S/C9H8N2O2S/c10-4-5-1-2-6-7(3-5)14-11-8(6)9(12)13/h1-3H,4,10H2,(H,12,13). The van der Waals surface area contributed by atoms with Crippen LogP contribution in [0.3, 0.4) is 0 Å². The van der Waals surface area contributed by atoms with Crippen molar-refractivity contribution in [1.82, 2.24) is 4.37 Å². The summed E-state index contributed by atoms with van der Waals surface area (Å²) in [5, 5.41) is 9.50. The third kappa shape index (κ3) is 1.36. The van der Waals surface area contributed by atoms with Gasteiger partial charge in [-0.1, -0.05) is 12.1 Å². The fraction of sp³-hybridized carbons (Fsp3) is 0.111. The molecule has 0 amide bonds. The number of carboxylic acid groups (broad SMARTS) is 1. The van der Waals surface area contributed by atoms with Crippen LogP contribution in [0.15, 0.2) is 18.2 Å². The van der Waals surface area contributed by atoms with Gasteiger partial charge in [0.05, 0.1) is 4.70 Å². The third-order valence-corrected chi connectivity index (χ3v) is 2.78. The summed E-state index contributed by atoms with van der Waals surface area (Å²) in [6, 6.07) is 5.45. The quantitative estimate of drug-likeness (QED) is 0.783. The summed E-state index contributed by atoms with van der Waals surface area (Å²) in [4.78, 5) is 10.7. The maximum Gasteiger partial charge on any atom is 0.356 e. The van der Waals surface area contributed by atoms with E-state index in [1.54, 1.807) is 6.07 Å². The number of benzene rings is 1. The zero-order valence-corrected chi connectivity index (χ0v) is 8.04. The Morgan fingerprint density at radius 3 is 3.00 bits per heavy atom. The molecule has 2 aromatic rings. The number of nitrogens with zero attached hydrogens (tertiary/aromatic N) is 1. The molecule has 3 N–H and O–H groups in total. The van der Waals surface area contributed by atoms with Crippen LogP contribution >= 0.6 is 11.5 Å². The molecule has 5 heteroatoms. The number of nitrogens with two attached hydrogens (primary N) is 1. The minimum absolute atomic E-state index is 0.119. The smallest absolute Gasteiger partial charge is 0.356 e. The van der Waals surface area contributed by atoms with Gasteiger partial charge in [0.1, 0.15) is 0 Å². The average Bonchev–Trinajstić information content (AvgIpc) is 2.59. The summed E-state index contributed by atoms with van der Waals surface area (Å²) in [5.41, 5.74) is 6.58. The predicted octanol–water partition coefficient (Wildman–Crippen LogP) is 1.45. The van der Waals surface area contributed by atoms with E-state index in [9.17, 15) is 4.79 Å². The van der Waals surface area contributed by atoms with Crippen molar-refractivity contribution in [2.75, 3.05) is 0 Å². The van der Waals surface area contributed by atoms with Gasteiger partial charge < -0.3 is 10.8 Å². The molecule has 0 saturated heterocycles. The molecule has 2 rings (SSSR count). The summed E-state index contributed by atoms with van der Waals surface area (Å²) in [7, 11) is 0. The van der Waals surface area contributed by atoms with Gasteiger partial charge in [0.2, 0.25) is 0 Å². The van der Waals surface area contributed by atoms with E-state index in [-0.39, 0.29) is 5.69 Å². The van der Waals surface area contributed by atoms with Gasteiger partial charge in [0.25, 0.3) is 0 Å². The highest BCUT2D eigenvalue weighted by Crippen LogP contribution is 2.23. The Labute approximate surface area is 84.1 Å². The van der Waals surface area contributed by atoms with E-state index in [1.807, 2.05) is 12.1 Å². The Hall–Kier alpha value is -1.46. The summed E-state index contributed by atoms with van der Waals surface area (Å²) < 4.78 is 4.74. The average molecular weight is 208 g/mol. The van der Waals surface area contributed by atoms with Crippen LogP contribution in [0.2, 0.25) is 0 Å². The van der Waals surface area contributed by atoms with Crippen LogP contribution in [0.5, 0.6) is 0 Å². The SMILES string of the molecule is NCc1ccc2c(C(=O)O)nsc2c1. The Kier molecular flexibility index (Phi) is 2.18. The number of hydrogen-bond acceptors (Lipinski definition) is 4. The first-order valence-corrected chi connectivity index (χ1v) is 4.81. The molecule has 4 nitrogen and oxygen atoms in total. The van der Waals surface area contributed by atoms with Crippen molar-refractivity contribution in [3.05, 3.63) is 29.5 Å². The Morgan fingerprint density at radius 1 is 1.57 bits per heavy atom. The lowest BCUT2D eigenvalue weighted by atomic mass is 10.1. The molecule has 72 valence electrons. The van der Waals surface area contributed by atoms with Gasteiger partial charge in [-0.25, -0.2) is 4.79 Å². The van der Waals surface area contributed by atoms with Gasteiger partial charge in [-0.2, -0.15) is 4.37 Å². The Morgan fingerprint density at radius 2 is 2.36 bits per heavy atom. The molecular weight excluding hydrogens is 200 g/mol. The molecule has 0 saturated carbocycles. The molecule has 1 aromatic heterocycles. The maximum atomic E-state index is 10.7. The topological polar surface area (TPSA) is 76.2 Å². The monoisotopic (exact) mass is 208 g/mol.